The maximum Gasteiger partial charge on any atom is 0.260 e. The largest absolute Gasteiger partial charge is 0.463 e. The zero-order chi connectivity index (χ0) is 42.9. The van der Waals surface area contributed by atoms with E-state index in [9.17, 15) is 0 Å². The second-order valence-electron chi connectivity index (χ2n) is 18.4. The molecule has 3 aliphatic rings. The van der Waals surface area contributed by atoms with Crippen molar-refractivity contribution in [1.82, 2.24) is 0 Å². The third-order valence-electron chi connectivity index (χ3n) is 13.4. The summed E-state index contributed by atoms with van der Waals surface area (Å²) in [6, 6.07) is 72.5. The Balaban J connectivity index is 1.02. The molecule has 0 bridgehead atoms. The first-order valence-electron chi connectivity index (χ1n) is 22.5. The van der Waals surface area contributed by atoms with E-state index < -0.39 is 0 Å². The van der Waals surface area contributed by atoms with Gasteiger partial charge in [0.2, 0.25) is 0 Å². The monoisotopic (exact) mass is 823 g/mol. The molecule has 1 atom stereocenters. The van der Waals surface area contributed by atoms with Crippen molar-refractivity contribution in [2.24, 2.45) is 0 Å². The second-order valence-corrected chi connectivity index (χ2v) is 18.4. The Morgan fingerprint density at radius 3 is 1.66 bits per heavy atom. The van der Waals surface area contributed by atoms with Crippen molar-refractivity contribution < 1.29 is 9.47 Å². The molecule has 0 radical (unpaired) electrons. The van der Waals surface area contributed by atoms with Crippen LogP contribution in [0.5, 0.6) is 11.5 Å². The SMILES string of the molecule is CC(C)(C)c1cc(-c2c3ccccc3c(-c3ccccc3)c3ccccc23)cc(C2C=C3Oc4ccccc4B4C3=C(C2)Oc2cc(N(c3ccccc3)c3ccccc3)ccc24)c1. The van der Waals surface area contributed by atoms with Crippen LogP contribution in [0.1, 0.15) is 44.2 Å². The van der Waals surface area contributed by atoms with Crippen LogP contribution in [0.15, 0.2) is 223 Å². The molecule has 0 fully saturated rings. The number of fused-ring (bicyclic) bond motifs is 6. The molecule has 0 amide bonds. The summed E-state index contributed by atoms with van der Waals surface area (Å²) in [6.07, 6.45) is 3.09. The van der Waals surface area contributed by atoms with Gasteiger partial charge in [-0.2, -0.15) is 0 Å². The minimum absolute atomic E-state index is 0.0100. The van der Waals surface area contributed by atoms with E-state index in [0.29, 0.717) is 6.42 Å². The van der Waals surface area contributed by atoms with Crippen molar-refractivity contribution in [1.29, 1.82) is 0 Å². The summed E-state index contributed by atoms with van der Waals surface area (Å²) >= 11 is 0. The Labute approximate surface area is 375 Å². The lowest BCUT2D eigenvalue weighted by molar-refractivity contribution is 0.364. The number of allylic oxidation sites excluding steroid dienone is 3. The van der Waals surface area contributed by atoms with Crippen LogP contribution in [-0.2, 0) is 5.41 Å². The Hall–Kier alpha value is -7.56. The van der Waals surface area contributed by atoms with Gasteiger partial charge in [-0.05, 0) is 114 Å². The third-order valence-corrected chi connectivity index (χ3v) is 13.4. The van der Waals surface area contributed by atoms with E-state index in [2.05, 4.69) is 232 Å². The molecule has 64 heavy (non-hydrogen) atoms. The summed E-state index contributed by atoms with van der Waals surface area (Å²) in [5, 5.41) is 5.02. The topological polar surface area (TPSA) is 21.7 Å². The Morgan fingerprint density at radius 1 is 0.484 bits per heavy atom. The number of ether oxygens (including phenoxy) is 2. The van der Waals surface area contributed by atoms with Crippen LogP contribution in [0.4, 0.5) is 17.1 Å². The van der Waals surface area contributed by atoms with Crippen LogP contribution >= 0.6 is 0 Å². The molecular formula is C60H46BNO2. The number of hydrogen-bond acceptors (Lipinski definition) is 3. The summed E-state index contributed by atoms with van der Waals surface area (Å²) < 4.78 is 14.1. The summed E-state index contributed by atoms with van der Waals surface area (Å²) in [4.78, 5) is 2.31. The summed E-state index contributed by atoms with van der Waals surface area (Å²) in [6.45, 7) is 6.96. The molecule has 9 aromatic carbocycles. The second kappa shape index (κ2) is 15.1. The van der Waals surface area contributed by atoms with E-state index >= 15 is 0 Å². The molecular weight excluding hydrogens is 777 g/mol. The molecule has 1 unspecified atom stereocenters. The van der Waals surface area contributed by atoms with Gasteiger partial charge < -0.3 is 14.4 Å². The van der Waals surface area contributed by atoms with Gasteiger partial charge in [0.15, 0.2) is 0 Å². The predicted octanol–water partition coefficient (Wildman–Crippen LogP) is 14.4. The first-order valence-corrected chi connectivity index (χ1v) is 22.5. The molecule has 0 saturated heterocycles. The molecule has 2 aliphatic heterocycles. The maximum atomic E-state index is 7.22. The molecule has 12 rings (SSSR count). The Morgan fingerprint density at radius 2 is 1.03 bits per heavy atom. The van der Waals surface area contributed by atoms with E-state index in [0.717, 1.165) is 51.0 Å². The fourth-order valence-electron chi connectivity index (χ4n) is 10.4. The normalized spacial score (nSPS) is 15.1. The highest BCUT2D eigenvalue weighted by molar-refractivity contribution is 6.93. The molecule has 0 aromatic heterocycles. The highest BCUT2D eigenvalue weighted by Crippen LogP contribution is 2.48. The van der Waals surface area contributed by atoms with Crippen LogP contribution in [0, 0.1) is 0 Å². The van der Waals surface area contributed by atoms with E-state index in [1.54, 1.807) is 0 Å². The molecule has 4 heteroatoms. The highest BCUT2D eigenvalue weighted by Gasteiger charge is 2.44. The lowest BCUT2D eigenvalue weighted by Crippen LogP contribution is -2.52. The Kier molecular flexibility index (Phi) is 8.98. The predicted molar refractivity (Wildman–Crippen MR) is 267 cm³/mol. The Bertz CT molecular complexity index is 3250. The van der Waals surface area contributed by atoms with Crippen LogP contribution in [0.25, 0.3) is 43.8 Å². The maximum absolute atomic E-state index is 7.22. The van der Waals surface area contributed by atoms with Gasteiger partial charge in [-0.25, -0.2) is 0 Å². The summed E-state index contributed by atoms with van der Waals surface area (Å²) in [5.74, 6) is 3.66. The minimum Gasteiger partial charge on any atom is -0.463 e. The van der Waals surface area contributed by atoms with E-state index in [-0.39, 0.29) is 18.0 Å². The quantitative estimate of drug-likeness (QED) is 0.123. The summed E-state index contributed by atoms with van der Waals surface area (Å²) in [5.41, 5.74) is 14.1. The van der Waals surface area contributed by atoms with Crippen molar-refractivity contribution in [3.05, 3.63) is 234 Å². The highest BCUT2D eigenvalue weighted by atomic mass is 16.5. The smallest absolute Gasteiger partial charge is 0.260 e. The van der Waals surface area contributed by atoms with Crippen LogP contribution < -0.4 is 25.3 Å². The van der Waals surface area contributed by atoms with Gasteiger partial charge in [0.25, 0.3) is 6.71 Å². The molecule has 1 aliphatic carbocycles. The van der Waals surface area contributed by atoms with E-state index in [4.69, 9.17) is 9.47 Å². The molecule has 9 aromatic rings. The molecule has 0 spiro atoms. The van der Waals surface area contributed by atoms with Gasteiger partial charge in [0.05, 0.1) is 0 Å². The van der Waals surface area contributed by atoms with Crippen molar-refractivity contribution in [3.63, 3.8) is 0 Å². The number of para-hydroxylation sites is 3. The van der Waals surface area contributed by atoms with Crippen LogP contribution in [-0.4, -0.2) is 6.71 Å². The standard InChI is InChI=1S/C60H46BNO2/c1-60(2,3)43-34-40(33-42(35-43)58-49-27-15-13-25-47(49)57(39-19-7-4-8-20-39)48-26-14-16-28-50(48)58)41-36-55-59-56(37-41)64-54-38-46(31-32-52(54)61(59)51-29-17-18-30-53(51)63-55)62(44-21-9-5-10-22-44)45-23-11-6-12-24-45/h4-36,38,41H,37H2,1-3H3. The molecule has 2 heterocycles. The van der Waals surface area contributed by atoms with Crippen molar-refractivity contribution in [3.8, 4) is 33.8 Å². The molecule has 0 saturated carbocycles. The van der Waals surface area contributed by atoms with Crippen molar-refractivity contribution in [2.45, 2.75) is 38.5 Å². The van der Waals surface area contributed by atoms with Gasteiger partial charge in [-0.15, -0.1) is 0 Å². The van der Waals surface area contributed by atoms with Gasteiger partial charge in [-0.3, -0.25) is 0 Å². The van der Waals surface area contributed by atoms with E-state index in [1.807, 2.05) is 0 Å². The van der Waals surface area contributed by atoms with Gasteiger partial charge in [0.1, 0.15) is 23.0 Å². The number of hydrogen-bond donors (Lipinski definition) is 0. The van der Waals surface area contributed by atoms with Gasteiger partial charge in [0, 0.05) is 40.9 Å². The number of benzene rings is 9. The molecule has 0 N–H and O–H groups in total. The fraction of sp³-hybridized carbons (Fsp3) is 0.100. The van der Waals surface area contributed by atoms with E-state index in [1.165, 1.54) is 60.4 Å². The zero-order valence-corrected chi connectivity index (χ0v) is 36.3. The summed E-state index contributed by atoms with van der Waals surface area (Å²) in [7, 11) is 0. The van der Waals surface area contributed by atoms with Crippen molar-refractivity contribution >= 4 is 56.2 Å². The van der Waals surface area contributed by atoms with Gasteiger partial charge >= 0.3 is 0 Å². The molecule has 3 nitrogen and oxygen atoms in total. The lowest BCUT2D eigenvalue weighted by atomic mass is 9.33. The number of anilines is 3. The number of rotatable bonds is 6. The average Bonchev–Trinajstić information content (AvgIpc) is 3.33. The fourth-order valence-corrected chi connectivity index (χ4v) is 10.4. The lowest BCUT2D eigenvalue weighted by Gasteiger charge is -2.39. The minimum atomic E-state index is -0.0992. The zero-order valence-electron chi connectivity index (χ0n) is 36.3. The van der Waals surface area contributed by atoms with Gasteiger partial charge in [-0.1, -0.05) is 178 Å². The first-order chi connectivity index (χ1) is 31.4. The van der Waals surface area contributed by atoms with Crippen LogP contribution in [0.3, 0.4) is 0 Å². The first kappa shape index (κ1) is 38.1. The number of nitrogens with zero attached hydrogens (tertiary/aromatic N) is 1. The van der Waals surface area contributed by atoms with Crippen molar-refractivity contribution in [2.75, 3.05) is 4.90 Å². The van der Waals surface area contributed by atoms with Crippen LogP contribution in [0.2, 0.25) is 0 Å². The molecule has 306 valence electrons. The average molecular weight is 824 g/mol. The third kappa shape index (κ3) is 6.35.